The molecule has 0 unspecified atom stereocenters. The van der Waals surface area contributed by atoms with Crippen molar-refractivity contribution >= 4 is 49.8 Å². The zero-order valence-electron chi connectivity index (χ0n) is 13.0. The molecule has 0 aliphatic rings. The van der Waals surface area contributed by atoms with Crippen LogP contribution in [0.1, 0.15) is 21.7 Å². The summed E-state index contributed by atoms with van der Waals surface area (Å²) in [5, 5.41) is 28.5. The van der Waals surface area contributed by atoms with E-state index < -0.39 is 5.91 Å². The third kappa shape index (κ3) is 3.43. The van der Waals surface area contributed by atoms with Crippen LogP contribution in [0.15, 0.2) is 30.8 Å². The van der Waals surface area contributed by atoms with Crippen molar-refractivity contribution in [1.29, 1.82) is 0 Å². The van der Waals surface area contributed by atoms with Crippen molar-refractivity contribution in [1.82, 2.24) is 30.7 Å². The van der Waals surface area contributed by atoms with E-state index in [4.69, 9.17) is 5.73 Å². The molecule has 0 fully saturated rings. The summed E-state index contributed by atoms with van der Waals surface area (Å²) in [6, 6.07) is 3.31. The number of rotatable bonds is 4. The Morgan fingerprint density at radius 1 is 1.42 bits per heavy atom. The van der Waals surface area contributed by atoms with Crippen molar-refractivity contribution < 1.29 is 14.5 Å². The largest absolute Gasteiger partial charge is 0.506 e. The van der Waals surface area contributed by atoms with E-state index in [1.54, 1.807) is 19.1 Å². The van der Waals surface area contributed by atoms with Crippen molar-refractivity contribution in [3.05, 3.63) is 38.0 Å². The number of hydrazone groups is 1. The molecule has 0 saturated carbocycles. The Kier molecular flexibility index (Phi) is 4.99. The third-order valence-electron chi connectivity index (χ3n) is 3.18. The zero-order chi connectivity index (χ0) is 18.8. The Bertz CT molecular complexity index is 1010. The summed E-state index contributed by atoms with van der Waals surface area (Å²) in [7, 11) is 0. The van der Waals surface area contributed by atoms with Crippen LogP contribution >= 0.6 is 31.9 Å². The number of nitrogens with two attached hydrogens (primary N) is 1. The van der Waals surface area contributed by atoms with Gasteiger partial charge in [0.2, 0.25) is 11.6 Å². The molecule has 134 valence electrons. The van der Waals surface area contributed by atoms with Gasteiger partial charge in [0.1, 0.15) is 5.75 Å². The number of phenolic OH excluding ortho intramolecular Hbond substituents is 1. The van der Waals surface area contributed by atoms with Crippen molar-refractivity contribution in [2.75, 3.05) is 5.73 Å². The molecule has 2 heterocycles. The maximum atomic E-state index is 12.4. The molecule has 11 nitrogen and oxygen atoms in total. The van der Waals surface area contributed by atoms with E-state index in [0.717, 1.165) is 9.15 Å². The molecule has 4 N–H and O–H groups in total. The SMILES string of the molecule is Cc1nnn(-c2nonc2N)c1C(=O)N/N=C/c1cc(Br)cc(Br)c1O. The number of hydrogen-bond acceptors (Lipinski definition) is 9. The van der Waals surface area contributed by atoms with Crippen LogP contribution in [-0.4, -0.2) is 42.5 Å². The summed E-state index contributed by atoms with van der Waals surface area (Å²) in [5.74, 6) is -0.639. The molecular formula is C13H10Br2N8O3. The van der Waals surface area contributed by atoms with Crippen molar-refractivity contribution in [3.63, 3.8) is 0 Å². The van der Waals surface area contributed by atoms with Crippen LogP contribution in [0.2, 0.25) is 0 Å². The lowest BCUT2D eigenvalue weighted by atomic mass is 10.2. The Hall–Kier alpha value is -2.80. The molecule has 0 saturated heterocycles. The zero-order valence-corrected chi connectivity index (χ0v) is 16.2. The Morgan fingerprint density at radius 3 is 2.88 bits per heavy atom. The summed E-state index contributed by atoms with van der Waals surface area (Å²) < 4.78 is 6.81. The lowest BCUT2D eigenvalue weighted by Gasteiger charge is -2.04. The molecule has 26 heavy (non-hydrogen) atoms. The van der Waals surface area contributed by atoms with Crippen LogP contribution in [0.5, 0.6) is 5.75 Å². The monoisotopic (exact) mass is 484 g/mol. The molecule has 13 heteroatoms. The van der Waals surface area contributed by atoms with Gasteiger partial charge in [0.25, 0.3) is 5.91 Å². The number of aromatic nitrogens is 5. The van der Waals surface area contributed by atoms with E-state index in [0.29, 0.717) is 15.7 Å². The van der Waals surface area contributed by atoms with E-state index in [-0.39, 0.29) is 23.1 Å². The van der Waals surface area contributed by atoms with E-state index in [1.807, 2.05) is 0 Å². The second-order valence-electron chi connectivity index (χ2n) is 4.93. The summed E-state index contributed by atoms with van der Waals surface area (Å²) in [5.41, 5.74) is 8.72. The fourth-order valence-electron chi connectivity index (χ4n) is 2.00. The molecule has 3 rings (SSSR count). The third-order valence-corrected chi connectivity index (χ3v) is 4.24. The number of halogens is 2. The second kappa shape index (κ2) is 7.21. The molecular weight excluding hydrogens is 476 g/mol. The Labute approximate surface area is 162 Å². The van der Waals surface area contributed by atoms with Crippen LogP contribution in [0.4, 0.5) is 5.82 Å². The molecule has 0 aliphatic carbocycles. The maximum absolute atomic E-state index is 12.4. The number of aromatic hydroxyl groups is 1. The van der Waals surface area contributed by atoms with Crippen molar-refractivity contribution in [2.24, 2.45) is 5.10 Å². The topological polar surface area (TPSA) is 157 Å². The van der Waals surface area contributed by atoms with Gasteiger partial charge in [-0.3, -0.25) is 4.79 Å². The minimum atomic E-state index is -0.611. The minimum Gasteiger partial charge on any atom is -0.506 e. The van der Waals surface area contributed by atoms with Crippen LogP contribution in [-0.2, 0) is 0 Å². The molecule has 0 aliphatic heterocycles. The highest BCUT2D eigenvalue weighted by atomic mass is 79.9. The molecule has 0 atom stereocenters. The Morgan fingerprint density at radius 2 is 2.19 bits per heavy atom. The number of phenols is 1. The van der Waals surface area contributed by atoms with Crippen molar-refractivity contribution in [2.45, 2.75) is 6.92 Å². The number of carbonyl (C=O) groups excluding carboxylic acids is 1. The summed E-state index contributed by atoms with van der Waals surface area (Å²) in [6.45, 7) is 1.59. The first-order valence-electron chi connectivity index (χ1n) is 6.90. The first-order valence-corrected chi connectivity index (χ1v) is 8.49. The first-order chi connectivity index (χ1) is 12.4. The number of amides is 1. The fourth-order valence-corrected chi connectivity index (χ4v) is 3.26. The van der Waals surface area contributed by atoms with Gasteiger partial charge in [-0.2, -0.15) is 9.78 Å². The first kappa shape index (κ1) is 18.0. The quantitative estimate of drug-likeness (QED) is 0.370. The van der Waals surface area contributed by atoms with Gasteiger partial charge in [0.15, 0.2) is 5.69 Å². The van der Waals surface area contributed by atoms with Crippen LogP contribution in [0, 0.1) is 6.92 Å². The van der Waals surface area contributed by atoms with Crippen molar-refractivity contribution in [3.8, 4) is 11.6 Å². The van der Waals surface area contributed by atoms with E-state index in [9.17, 15) is 9.90 Å². The van der Waals surface area contributed by atoms with Gasteiger partial charge in [-0.1, -0.05) is 21.1 Å². The van der Waals surface area contributed by atoms with Gasteiger partial charge >= 0.3 is 0 Å². The van der Waals surface area contributed by atoms with Crippen LogP contribution in [0.3, 0.4) is 0 Å². The van der Waals surface area contributed by atoms with Gasteiger partial charge < -0.3 is 10.8 Å². The Balaban J connectivity index is 1.84. The van der Waals surface area contributed by atoms with Gasteiger partial charge in [0.05, 0.1) is 16.4 Å². The molecule has 0 bridgehead atoms. The predicted octanol–water partition coefficient (Wildman–Crippen LogP) is 1.54. The highest BCUT2D eigenvalue weighted by molar-refractivity contribution is 9.11. The van der Waals surface area contributed by atoms with Gasteiger partial charge in [-0.05, 0) is 45.3 Å². The number of aryl methyl sites for hydroxylation is 1. The predicted molar refractivity (Wildman–Crippen MR) is 96.9 cm³/mol. The number of nitrogens with one attached hydrogen (secondary N) is 1. The number of benzene rings is 1. The van der Waals surface area contributed by atoms with Gasteiger partial charge in [-0.25, -0.2) is 10.1 Å². The lowest BCUT2D eigenvalue weighted by Crippen LogP contribution is -2.22. The van der Waals surface area contributed by atoms with Gasteiger partial charge in [0, 0.05) is 10.0 Å². The highest BCUT2D eigenvalue weighted by Gasteiger charge is 2.22. The number of carbonyl (C=O) groups is 1. The standard InChI is InChI=1S/C13H10Br2N8O3/c1-5-9(23(22-18-5)12-11(16)20-26-21-12)13(25)19-17-4-6-2-7(14)3-8(15)10(6)24/h2-4,24H,1H3,(H2,16,20)(H,19,25)/b17-4+. The molecule has 0 radical (unpaired) electrons. The summed E-state index contributed by atoms with van der Waals surface area (Å²) in [4.78, 5) is 12.4. The smallest absolute Gasteiger partial charge is 0.292 e. The summed E-state index contributed by atoms with van der Waals surface area (Å²) in [6.07, 6.45) is 1.29. The number of anilines is 1. The average molecular weight is 486 g/mol. The second-order valence-corrected chi connectivity index (χ2v) is 6.70. The number of nitrogen functional groups attached to an aromatic ring is 1. The minimum absolute atomic E-state index is 0.0180. The molecule has 0 spiro atoms. The maximum Gasteiger partial charge on any atom is 0.292 e. The molecule has 1 amide bonds. The number of nitrogens with zero attached hydrogens (tertiary/aromatic N) is 6. The van der Waals surface area contributed by atoms with E-state index in [1.165, 1.54) is 6.21 Å². The van der Waals surface area contributed by atoms with Crippen LogP contribution < -0.4 is 11.2 Å². The molecule has 1 aromatic carbocycles. The normalized spacial score (nSPS) is 11.2. The van der Waals surface area contributed by atoms with Gasteiger partial charge in [-0.15, -0.1) is 5.10 Å². The molecule has 2 aromatic heterocycles. The fraction of sp³-hybridized carbons (Fsp3) is 0.0769. The number of hydrogen-bond donors (Lipinski definition) is 3. The highest BCUT2D eigenvalue weighted by Crippen LogP contribution is 2.30. The molecule has 3 aromatic rings. The van der Waals surface area contributed by atoms with E-state index in [2.05, 4.69) is 67.6 Å². The lowest BCUT2D eigenvalue weighted by molar-refractivity contribution is 0.0946. The summed E-state index contributed by atoms with van der Waals surface area (Å²) >= 11 is 6.52. The average Bonchev–Trinajstić information content (AvgIpc) is 3.17. The van der Waals surface area contributed by atoms with Crippen LogP contribution in [0.25, 0.3) is 5.82 Å². The van der Waals surface area contributed by atoms with E-state index >= 15 is 0 Å².